The van der Waals surface area contributed by atoms with E-state index in [9.17, 15) is 0 Å². The fourth-order valence-corrected chi connectivity index (χ4v) is 3.20. The molecule has 146 valence electrons. The summed E-state index contributed by atoms with van der Waals surface area (Å²) in [6.07, 6.45) is 1.74. The molecule has 3 aromatic rings. The van der Waals surface area contributed by atoms with Crippen molar-refractivity contribution in [2.24, 2.45) is 5.10 Å². The molecule has 0 amide bonds. The van der Waals surface area contributed by atoms with Gasteiger partial charge in [-0.15, -0.1) is 11.3 Å². The van der Waals surface area contributed by atoms with Gasteiger partial charge in [0.05, 0.1) is 25.6 Å². The SMILES string of the molecule is CCOc1ccccc1OCc1cc(C=NNc2nc(C)cs2)ccc1OC. The highest BCUT2D eigenvalue weighted by Crippen LogP contribution is 2.29. The van der Waals surface area contributed by atoms with Gasteiger partial charge in [-0.3, -0.25) is 5.43 Å². The molecule has 0 saturated heterocycles. The van der Waals surface area contributed by atoms with Crippen LogP contribution in [0.3, 0.4) is 0 Å². The maximum Gasteiger partial charge on any atom is 0.203 e. The van der Waals surface area contributed by atoms with Crippen LogP contribution in [0.1, 0.15) is 23.7 Å². The van der Waals surface area contributed by atoms with Crippen LogP contribution in [0.5, 0.6) is 17.2 Å². The number of anilines is 1. The van der Waals surface area contributed by atoms with E-state index in [2.05, 4.69) is 15.5 Å². The van der Waals surface area contributed by atoms with Crippen molar-refractivity contribution in [3.63, 3.8) is 0 Å². The fourth-order valence-electron chi connectivity index (χ4n) is 2.56. The van der Waals surface area contributed by atoms with E-state index in [4.69, 9.17) is 14.2 Å². The number of methoxy groups -OCH3 is 1. The summed E-state index contributed by atoms with van der Waals surface area (Å²) in [6.45, 7) is 4.84. The van der Waals surface area contributed by atoms with Crippen molar-refractivity contribution in [2.45, 2.75) is 20.5 Å². The Morgan fingerprint density at radius 3 is 2.57 bits per heavy atom. The second kappa shape index (κ2) is 9.75. The van der Waals surface area contributed by atoms with Crippen molar-refractivity contribution in [3.8, 4) is 17.2 Å². The summed E-state index contributed by atoms with van der Waals surface area (Å²) >= 11 is 1.52. The molecule has 0 saturated carbocycles. The molecule has 0 fully saturated rings. The highest BCUT2D eigenvalue weighted by Gasteiger charge is 2.08. The molecule has 0 radical (unpaired) electrons. The van der Waals surface area contributed by atoms with Crippen LogP contribution in [0.25, 0.3) is 0 Å². The van der Waals surface area contributed by atoms with Gasteiger partial charge >= 0.3 is 0 Å². The Kier molecular flexibility index (Phi) is 6.86. The molecule has 1 aromatic heterocycles. The van der Waals surface area contributed by atoms with E-state index < -0.39 is 0 Å². The van der Waals surface area contributed by atoms with Gasteiger partial charge in [0.1, 0.15) is 12.4 Å². The van der Waals surface area contributed by atoms with Crippen LogP contribution in [0.4, 0.5) is 5.13 Å². The summed E-state index contributed by atoms with van der Waals surface area (Å²) < 4.78 is 17.1. The van der Waals surface area contributed by atoms with Crippen molar-refractivity contribution in [2.75, 3.05) is 19.1 Å². The van der Waals surface area contributed by atoms with Gasteiger partial charge in [-0.1, -0.05) is 12.1 Å². The molecule has 2 aromatic carbocycles. The summed E-state index contributed by atoms with van der Waals surface area (Å²) in [5, 5.41) is 6.99. The topological polar surface area (TPSA) is 65.0 Å². The van der Waals surface area contributed by atoms with Crippen LogP contribution >= 0.6 is 11.3 Å². The van der Waals surface area contributed by atoms with Gasteiger partial charge in [-0.25, -0.2) is 4.98 Å². The number of benzene rings is 2. The standard InChI is InChI=1S/C21H23N3O3S/c1-4-26-19-7-5-6-8-20(19)27-13-17-11-16(9-10-18(17)25-3)12-22-24-21-23-15(2)14-28-21/h5-12,14H,4,13H2,1-3H3,(H,23,24). The van der Waals surface area contributed by atoms with Crippen LogP contribution in [-0.4, -0.2) is 24.9 Å². The lowest BCUT2D eigenvalue weighted by Gasteiger charge is -2.14. The molecule has 0 aliphatic carbocycles. The highest BCUT2D eigenvalue weighted by molar-refractivity contribution is 7.13. The minimum Gasteiger partial charge on any atom is -0.496 e. The zero-order valence-corrected chi connectivity index (χ0v) is 17.0. The first-order valence-corrected chi connectivity index (χ1v) is 9.80. The smallest absolute Gasteiger partial charge is 0.203 e. The predicted molar refractivity (Wildman–Crippen MR) is 113 cm³/mol. The zero-order valence-electron chi connectivity index (χ0n) is 16.1. The Morgan fingerprint density at radius 1 is 1.11 bits per heavy atom. The number of nitrogens with zero attached hydrogens (tertiary/aromatic N) is 2. The Hall–Kier alpha value is -3.06. The van der Waals surface area contributed by atoms with E-state index in [1.165, 1.54) is 11.3 Å². The second-order valence-corrected chi connectivity index (χ2v) is 6.76. The molecular formula is C21H23N3O3S. The average Bonchev–Trinajstić information content (AvgIpc) is 3.13. The third-order valence-corrected chi connectivity index (χ3v) is 4.69. The van der Waals surface area contributed by atoms with Crippen LogP contribution in [-0.2, 0) is 6.61 Å². The Bertz CT molecular complexity index is 940. The molecular weight excluding hydrogens is 374 g/mol. The Morgan fingerprint density at radius 2 is 1.89 bits per heavy atom. The molecule has 0 aliphatic rings. The fraction of sp³-hybridized carbons (Fsp3) is 0.238. The Labute approximate surface area is 168 Å². The average molecular weight is 398 g/mol. The maximum atomic E-state index is 5.98. The zero-order chi connectivity index (χ0) is 19.8. The molecule has 0 spiro atoms. The van der Waals surface area contributed by atoms with E-state index >= 15 is 0 Å². The van der Waals surface area contributed by atoms with Gasteiger partial charge in [0.2, 0.25) is 5.13 Å². The number of aromatic nitrogens is 1. The number of thiazole rings is 1. The van der Waals surface area contributed by atoms with Gasteiger partial charge in [0.25, 0.3) is 0 Å². The predicted octanol–water partition coefficient (Wildman–Crippen LogP) is 4.88. The first-order valence-electron chi connectivity index (χ1n) is 8.92. The summed E-state index contributed by atoms with van der Waals surface area (Å²) in [5.74, 6) is 2.19. The van der Waals surface area contributed by atoms with Crippen LogP contribution in [0.15, 0.2) is 52.9 Å². The van der Waals surface area contributed by atoms with E-state index in [1.807, 2.05) is 61.7 Å². The minimum atomic E-state index is 0.355. The molecule has 1 N–H and O–H groups in total. The number of para-hydroxylation sites is 2. The summed E-state index contributed by atoms with van der Waals surface area (Å²) in [5.41, 5.74) is 5.76. The third-order valence-electron chi connectivity index (χ3n) is 3.83. The normalized spacial score (nSPS) is 10.8. The highest BCUT2D eigenvalue weighted by atomic mass is 32.1. The van der Waals surface area contributed by atoms with E-state index in [0.29, 0.717) is 19.0 Å². The number of aryl methyl sites for hydroxylation is 1. The Balaban J connectivity index is 1.70. The molecule has 3 rings (SSSR count). The first-order chi connectivity index (χ1) is 13.7. The van der Waals surface area contributed by atoms with Gasteiger partial charge < -0.3 is 14.2 Å². The lowest BCUT2D eigenvalue weighted by atomic mass is 10.1. The second-order valence-electron chi connectivity index (χ2n) is 5.90. The third kappa shape index (κ3) is 5.23. The largest absolute Gasteiger partial charge is 0.496 e. The minimum absolute atomic E-state index is 0.355. The van der Waals surface area contributed by atoms with Crippen molar-refractivity contribution in [1.29, 1.82) is 0 Å². The molecule has 0 bridgehead atoms. The van der Waals surface area contributed by atoms with Gasteiger partial charge in [0.15, 0.2) is 11.5 Å². The summed E-state index contributed by atoms with van der Waals surface area (Å²) in [6, 6.07) is 13.5. The van der Waals surface area contributed by atoms with Crippen LogP contribution in [0, 0.1) is 6.92 Å². The lowest BCUT2D eigenvalue weighted by molar-refractivity contribution is 0.265. The molecule has 28 heavy (non-hydrogen) atoms. The number of ether oxygens (including phenoxy) is 3. The maximum absolute atomic E-state index is 5.98. The lowest BCUT2D eigenvalue weighted by Crippen LogP contribution is -2.02. The van der Waals surface area contributed by atoms with Crippen molar-refractivity contribution < 1.29 is 14.2 Å². The van der Waals surface area contributed by atoms with Crippen molar-refractivity contribution >= 4 is 22.7 Å². The van der Waals surface area contributed by atoms with Gasteiger partial charge in [0, 0.05) is 10.9 Å². The molecule has 0 aliphatic heterocycles. The van der Waals surface area contributed by atoms with Gasteiger partial charge in [-0.2, -0.15) is 5.10 Å². The summed E-state index contributed by atoms with van der Waals surface area (Å²) in [4.78, 5) is 4.31. The van der Waals surface area contributed by atoms with Crippen molar-refractivity contribution in [3.05, 3.63) is 64.7 Å². The van der Waals surface area contributed by atoms with Crippen LogP contribution < -0.4 is 19.6 Å². The van der Waals surface area contributed by atoms with E-state index in [0.717, 1.165) is 33.5 Å². The monoisotopic (exact) mass is 397 g/mol. The quantitative estimate of drug-likeness (QED) is 0.412. The van der Waals surface area contributed by atoms with Crippen LogP contribution in [0.2, 0.25) is 0 Å². The molecule has 7 heteroatoms. The number of hydrazone groups is 1. The van der Waals surface area contributed by atoms with E-state index in [-0.39, 0.29) is 0 Å². The number of hydrogen-bond acceptors (Lipinski definition) is 7. The first kappa shape index (κ1) is 19.7. The van der Waals surface area contributed by atoms with Crippen molar-refractivity contribution in [1.82, 2.24) is 4.98 Å². The number of rotatable bonds is 9. The van der Waals surface area contributed by atoms with E-state index in [1.54, 1.807) is 13.3 Å². The number of hydrogen-bond donors (Lipinski definition) is 1. The van der Waals surface area contributed by atoms with Gasteiger partial charge in [-0.05, 0) is 49.7 Å². The number of nitrogens with one attached hydrogen (secondary N) is 1. The molecule has 0 atom stereocenters. The molecule has 0 unspecified atom stereocenters. The molecule has 6 nitrogen and oxygen atoms in total. The molecule has 1 heterocycles. The summed E-state index contributed by atoms with van der Waals surface area (Å²) in [7, 11) is 1.65.